The topological polar surface area (TPSA) is 20.2 Å². The van der Waals surface area contributed by atoms with Crippen LogP contribution in [0.5, 0.6) is 0 Å². The molecule has 3 heteroatoms. The fourth-order valence-electron chi connectivity index (χ4n) is 1.17. The first-order chi connectivity index (χ1) is 6.50. The van der Waals surface area contributed by atoms with E-state index in [0.29, 0.717) is 12.0 Å². The minimum Gasteiger partial charge on any atom is -0.388 e. The van der Waals surface area contributed by atoms with Gasteiger partial charge in [-0.05, 0) is 31.0 Å². The van der Waals surface area contributed by atoms with Gasteiger partial charge in [0.1, 0.15) is 5.82 Å². The van der Waals surface area contributed by atoms with Gasteiger partial charge < -0.3 is 5.11 Å². The molecule has 0 saturated carbocycles. The first-order valence-corrected chi connectivity index (χ1v) is 4.66. The van der Waals surface area contributed by atoms with Crippen LogP contribution in [0.1, 0.15) is 25.0 Å². The summed E-state index contributed by atoms with van der Waals surface area (Å²) in [5.41, 5.74) is 1.48. The molecule has 0 spiro atoms. The zero-order chi connectivity index (χ0) is 10.7. The molecule has 0 heterocycles. The highest BCUT2D eigenvalue weighted by molar-refractivity contribution is 6.30. The summed E-state index contributed by atoms with van der Waals surface area (Å²) in [6.45, 7) is 5.52. The molecule has 0 aliphatic heterocycles. The summed E-state index contributed by atoms with van der Waals surface area (Å²) in [4.78, 5) is 0. The van der Waals surface area contributed by atoms with Crippen LogP contribution >= 0.6 is 11.6 Å². The average molecular weight is 215 g/mol. The van der Waals surface area contributed by atoms with Gasteiger partial charge in [0.05, 0.1) is 11.1 Å². The second-order valence-corrected chi connectivity index (χ2v) is 3.76. The number of hydrogen-bond acceptors (Lipinski definition) is 1. The van der Waals surface area contributed by atoms with Crippen molar-refractivity contribution in [2.45, 2.75) is 19.4 Å². The molecule has 0 radical (unpaired) electrons. The zero-order valence-corrected chi connectivity index (χ0v) is 8.68. The molecule has 0 bridgehead atoms. The van der Waals surface area contributed by atoms with Crippen LogP contribution in [0.3, 0.4) is 0 Å². The molecular weight excluding hydrogens is 203 g/mol. The van der Waals surface area contributed by atoms with Gasteiger partial charge in [0.2, 0.25) is 0 Å². The van der Waals surface area contributed by atoms with Gasteiger partial charge in [-0.3, -0.25) is 0 Å². The Morgan fingerprint density at radius 2 is 2.29 bits per heavy atom. The van der Waals surface area contributed by atoms with Crippen molar-refractivity contribution in [1.82, 2.24) is 0 Å². The minimum atomic E-state index is -0.661. The van der Waals surface area contributed by atoms with E-state index in [1.54, 1.807) is 0 Å². The maximum absolute atomic E-state index is 12.8. The smallest absolute Gasteiger partial charge is 0.141 e. The lowest BCUT2D eigenvalue weighted by molar-refractivity contribution is 0.178. The molecule has 76 valence electrons. The normalized spacial score (nSPS) is 12.6. The number of halogens is 2. The Kier molecular flexibility index (Phi) is 3.67. The molecule has 0 aliphatic carbocycles. The predicted octanol–water partition coefficient (Wildman–Crippen LogP) is 3.48. The van der Waals surface area contributed by atoms with E-state index >= 15 is 0 Å². The van der Waals surface area contributed by atoms with Crippen molar-refractivity contribution in [1.29, 1.82) is 0 Å². The lowest BCUT2D eigenvalue weighted by Crippen LogP contribution is -1.98. The molecule has 1 atom stereocenters. The molecule has 1 aromatic carbocycles. The highest BCUT2D eigenvalue weighted by Gasteiger charge is 2.09. The highest BCUT2D eigenvalue weighted by Crippen LogP contribution is 2.24. The third-order valence-corrected chi connectivity index (χ3v) is 2.16. The standard InChI is InChI=1S/C11H12ClFO/c1-7(2)5-11(14)8-3-4-10(13)9(12)6-8/h3-4,6,11,14H,1,5H2,2H3. The Morgan fingerprint density at radius 1 is 1.64 bits per heavy atom. The predicted molar refractivity (Wildman–Crippen MR) is 55.8 cm³/mol. The molecule has 1 N–H and O–H groups in total. The molecule has 0 saturated heterocycles. The lowest BCUT2D eigenvalue weighted by atomic mass is 10.0. The first-order valence-electron chi connectivity index (χ1n) is 4.28. The fraction of sp³-hybridized carbons (Fsp3) is 0.273. The van der Waals surface area contributed by atoms with Gasteiger partial charge in [-0.1, -0.05) is 23.2 Å². The Labute approximate surface area is 87.8 Å². The van der Waals surface area contributed by atoms with E-state index in [1.807, 2.05) is 6.92 Å². The van der Waals surface area contributed by atoms with Gasteiger partial charge in [0, 0.05) is 0 Å². The molecule has 1 rings (SSSR count). The quantitative estimate of drug-likeness (QED) is 0.764. The Morgan fingerprint density at radius 3 is 2.79 bits per heavy atom. The molecule has 0 amide bonds. The molecule has 1 unspecified atom stereocenters. The summed E-state index contributed by atoms with van der Waals surface area (Å²) >= 11 is 5.59. The zero-order valence-electron chi connectivity index (χ0n) is 7.93. The third-order valence-electron chi connectivity index (χ3n) is 1.87. The van der Waals surface area contributed by atoms with Crippen molar-refractivity contribution in [3.63, 3.8) is 0 Å². The van der Waals surface area contributed by atoms with Crippen molar-refractivity contribution in [3.8, 4) is 0 Å². The monoisotopic (exact) mass is 214 g/mol. The summed E-state index contributed by atoms with van der Waals surface area (Å²) in [7, 11) is 0. The first kappa shape index (κ1) is 11.2. The molecule has 0 fully saturated rings. The van der Waals surface area contributed by atoms with Crippen LogP contribution in [0.2, 0.25) is 5.02 Å². The number of aliphatic hydroxyl groups excluding tert-OH is 1. The van der Waals surface area contributed by atoms with Crippen LogP contribution in [-0.2, 0) is 0 Å². The van der Waals surface area contributed by atoms with Crippen LogP contribution in [-0.4, -0.2) is 5.11 Å². The van der Waals surface area contributed by atoms with Crippen molar-refractivity contribution in [3.05, 3.63) is 46.8 Å². The maximum Gasteiger partial charge on any atom is 0.141 e. The second kappa shape index (κ2) is 4.58. The number of rotatable bonds is 3. The van der Waals surface area contributed by atoms with E-state index in [0.717, 1.165) is 5.57 Å². The average Bonchev–Trinajstić information content (AvgIpc) is 2.08. The molecule has 1 nitrogen and oxygen atoms in total. The van der Waals surface area contributed by atoms with Crippen LogP contribution in [0.15, 0.2) is 30.4 Å². The van der Waals surface area contributed by atoms with Crippen molar-refractivity contribution in [2.75, 3.05) is 0 Å². The molecule has 14 heavy (non-hydrogen) atoms. The lowest BCUT2D eigenvalue weighted by Gasteiger charge is -2.10. The summed E-state index contributed by atoms with van der Waals surface area (Å²) in [6.07, 6.45) is -0.201. The van der Waals surface area contributed by atoms with E-state index in [2.05, 4.69) is 6.58 Å². The summed E-state index contributed by atoms with van der Waals surface area (Å²) in [6, 6.07) is 4.21. The van der Waals surface area contributed by atoms with Crippen LogP contribution in [0.4, 0.5) is 4.39 Å². The van der Waals surface area contributed by atoms with Gasteiger partial charge >= 0.3 is 0 Å². The molecular formula is C11H12ClFO. The van der Waals surface area contributed by atoms with Gasteiger partial charge in [-0.2, -0.15) is 0 Å². The minimum absolute atomic E-state index is 0.0308. The van der Waals surface area contributed by atoms with E-state index < -0.39 is 11.9 Å². The molecule has 0 aromatic heterocycles. The Balaban J connectivity index is 2.85. The van der Waals surface area contributed by atoms with Crippen LogP contribution < -0.4 is 0 Å². The van der Waals surface area contributed by atoms with Crippen molar-refractivity contribution in [2.24, 2.45) is 0 Å². The SMILES string of the molecule is C=C(C)CC(O)c1ccc(F)c(Cl)c1. The van der Waals surface area contributed by atoms with Gasteiger partial charge in [0.15, 0.2) is 0 Å². The second-order valence-electron chi connectivity index (χ2n) is 3.35. The van der Waals surface area contributed by atoms with Gasteiger partial charge in [0.25, 0.3) is 0 Å². The van der Waals surface area contributed by atoms with Crippen molar-refractivity contribution < 1.29 is 9.50 Å². The maximum atomic E-state index is 12.8. The Hall–Kier alpha value is -0.860. The number of aliphatic hydroxyl groups is 1. The summed E-state index contributed by atoms with van der Waals surface area (Å²) in [5.74, 6) is -0.474. The van der Waals surface area contributed by atoms with E-state index in [1.165, 1.54) is 18.2 Å². The number of benzene rings is 1. The highest BCUT2D eigenvalue weighted by atomic mass is 35.5. The van der Waals surface area contributed by atoms with Gasteiger partial charge in [-0.25, -0.2) is 4.39 Å². The van der Waals surface area contributed by atoms with Crippen molar-refractivity contribution >= 4 is 11.6 Å². The summed E-state index contributed by atoms with van der Waals surface area (Å²) in [5, 5.41) is 9.70. The number of hydrogen-bond donors (Lipinski definition) is 1. The van der Waals surface area contributed by atoms with E-state index in [4.69, 9.17) is 11.6 Å². The summed E-state index contributed by atoms with van der Waals surface area (Å²) < 4.78 is 12.8. The fourth-order valence-corrected chi connectivity index (χ4v) is 1.36. The Bertz CT molecular complexity index is 349. The molecule has 0 aliphatic rings. The van der Waals surface area contributed by atoms with Gasteiger partial charge in [-0.15, -0.1) is 6.58 Å². The van der Waals surface area contributed by atoms with E-state index in [-0.39, 0.29) is 5.02 Å². The van der Waals surface area contributed by atoms with Crippen LogP contribution in [0, 0.1) is 5.82 Å². The third kappa shape index (κ3) is 2.82. The largest absolute Gasteiger partial charge is 0.388 e. The van der Waals surface area contributed by atoms with Crippen LogP contribution in [0.25, 0.3) is 0 Å². The molecule has 1 aromatic rings. The van der Waals surface area contributed by atoms with E-state index in [9.17, 15) is 9.50 Å².